The molecule has 1 rings (SSSR count). The number of carbonyl (C=O) groups is 1. The predicted molar refractivity (Wildman–Crippen MR) is 75.2 cm³/mol. The summed E-state index contributed by atoms with van der Waals surface area (Å²) in [5.41, 5.74) is 6.28. The van der Waals surface area contributed by atoms with Crippen LogP contribution in [0.15, 0.2) is 22.7 Å². The van der Waals surface area contributed by atoms with Crippen LogP contribution in [0.5, 0.6) is 5.75 Å². The van der Waals surface area contributed by atoms with Gasteiger partial charge in [-0.15, -0.1) is 0 Å². The zero-order chi connectivity index (χ0) is 13.5. The number of hydrogen-bond donors (Lipinski definition) is 2. The topological polar surface area (TPSA) is 66.6 Å². The van der Waals surface area contributed by atoms with E-state index in [9.17, 15) is 9.90 Å². The molecule has 1 amide bonds. The quantitative estimate of drug-likeness (QED) is 0.811. The fraction of sp³-hybridized carbons (Fsp3) is 0.462. The number of nitrogens with zero attached hydrogens (tertiary/aromatic N) is 1. The summed E-state index contributed by atoms with van der Waals surface area (Å²) in [6.07, 6.45) is 2.11. The lowest BCUT2D eigenvalue weighted by molar-refractivity contribution is -0.119. The molecule has 100 valence electrons. The van der Waals surface area contributed by atoms with Crippen LogP contribution in [0.3, 0.4) is 0 Å². The smallest absolute Gasteiger partial charge is 0.231 e. The Kier molecular flexibility index (Phi) is 6.15. The number of nitrogens with two attached hydrogens (primary N) is 1. The van der Waals surface area contributed by atoms with E-state index in [4.69, 9.17) is 5.73 Å². The van der Waals surface area contributed by atoms with Gasteiger partial charge in [0, 0.05) is 6.54 Å². The zero-order valence-electron chi connectivity index (χ0n) is 10.5. The van der Waals surface area contributed by atoms with Crippen LogP contribution in [-0.2, 0) is 11.3 Å². The molecule has 1 aromatic rings. The molecule has 0 fully saturated rings. The highest BCUT2D eigenvalue weighted by Crippen LogP contribution is 2.24. The Hall–Kier alpha value is -1.07. The summed E-state index contributed by atoms with van der Waals surface area (Å²) < 4.78 is 0.662. The fourth-order valence-electron chi connectivity index (χ4n) is 1.72. The molecule has 0 bridgehead atoms. The molecule has 3 N–H and O–H groups in total. The largest absolute Gasteiger partial charge is 0.507 e. The molecule has 0 heterocycles. The van der Waals surface area contributed by atoms with Gasteiger partial charge in [0.15, 0.2) is 0 Å². The Bertz CT molecular complexity index is 410. The Morgan fingerprint density at radius 2 is 2.22 bits per heavy atom. The lowest BCUT2D eigenvalue weighted by Crippen LogP contribution is -2.34. The maximum absolute atomic E-state index is 11.0. The number of benzene rings is 1. The molecule has 18 heavy (non-hydrogen) atoms. The van der Waals surface area contributed by atoms with Crippen LogP contribution >= 0.6 is 15.9 Å². The highest BCUT2D eigenvalue weighted by atomic mass is 79.9. The minimum absolute atomic E-state index is 0.216. The van der Waals surface area contributed by atoms with Gasteiger partial charge in [-0.05, 0) is 46.6 Å². The molecule has 1 aromatic carbocycles. The molecular formula is C13H19BrN2O2. The monoisotopic (exact) mass is 314 g/mol. The SMILES string of the molecule is CCCCN(CC(N)=O)Cc1ccc(O)c(Br)c1. The molecule has 4 nitrogen and oxygen atoms in total. The van der Waals surface area contributed by atoms with E-state index in [0.29, 0.717) is 11.0 Å². The Balaban J connectivity index is 2.68. The van der Waals surface area contributed by atoms with Crippen molar-refractivity contribution >= 4 is 21.8 Å². The number of hydrogen-bond acceptors (Lipinski definition) is 3. The van der Waals surface area contributed by atoms with Crippen molar-refractivity contribution in [2.24, 2.45) is 5.73 Å². The van der Waals surface area contributed by atoms with Crippen LogP contribution in [-0.4, -0.2) is 29.0 Å². The van der Waals surface area contributed by atoms with Crippen molar-refractivity contribution in [3.8, 4) is 5.75 Å². The molecule has 0 aliphatic rings. The first-order chi connectivity index (χ1) is 8.52. The first-order valence-corrected chi connectivity index (χ1v) is 6.80. The van der Waals surface area contributed by atoms with E-state index in [2.05, 4.69) is 22.9 Å². The second kappa shape index (κ2) is 7.38. The van der Waals surface area contributed by atoms with E-state index in [-0.39, 0.29) is 18.2 Å². The van der Waals surface area contributed by atoms with Crippen LogP contribution in [0.4, 0.5) is 0 Å². The minimum Gasteiger partial charge on any atom is -0.507 e. The van der Waals surface area contributed by atoms with Gasteiger partial charge >= 0.3 is 0 Å². The van der Waals surface area contributed by atoms with Crippen molar-refractivity contribution in [3.05, 3.63) is 28.2 Å². The number of aromatic hydroxyl groups is 1. The van der Waals surface area contributed by atoms with E-state index >= 15 is 0 Å². The van der Waals surface area contributed by atoms with Gasteiger partial charge < -0.3 is 10.8 Å². The summed E-state index contributed by atoms with van der Waals surface area (Å²) in [6.45, 7) is 3.87. The molecule has 0 radical (unpaired) electrons. The summed E-state index contributed by atoms with van der Waals surface area (Å²) in [7, 11) is 0. The summed E-state index contributed by atoms with van der Waals surface area (Å²) in [5.74, 6) is -0.0993. The zero-order valence-corrected chi connectivity index (χ0v) is 12.1. The van der Waals surface area contributed by atoms with Crippen LogP contribution in [0.1, 0.15) is 25.3 Å². The standard InChI is InChI=1S/C13H19BrN2O2/c1-2-3-6-16(9-13(15)18)8-10-4-5-12(17)11(14)7-10/h4-5,7,17H,2-3,6,8-9H2,1H3,(H2,15,18). The van der Waals surface area contributed by atoms with Crippen LogP contribution in [0, 0.1) is 0 Å². The summed E-state index contributed by atoms with van der Waals surface area (Å²) >= 11 is 3.28. The number of halogens is 1. The second-order valence-electron chi connectivity index (χ2n) is 4.32. The van der Waals surface area contributed by atoms with Gasteiger partial charge in [-0.25, -0.2) is 0 Å². The molecule has 0 aliphatic heterocycles. The van der Waals surface area contributed by atoms with Crippen LogP contribution < -0.4 is 5.73 Å². The minimum atomic E-state index is -0.316. The Morgan fingerprint density at radius 1 is 1.50 bits per heavy atom. The van der Waals surface area contributed by atoms with Crippen molar-refractivity contribution in [1.29, 1.82) is 0 Å². The number of amides is 1. The van der Waals surface area contributed by atoms with Crippen molar-refractivity contribution in [3.63, 3.8) is 0 Å². The Labute approximate surface area is 116 Å². The highest BCUT2D eigenvalue weighted by Gasteiger charge is 2.09. The van der Waals surface area contributed by atoms with Gasteiger partial charge in [-0.2, -0.15) is 0 Å². The lowest BCUT2D eigenvalue weighted by atomic mass is 10.2. The van der Waals surface area contributed by atoms with Crippen molar-refractivity contribution < 1.29 is 9.90 Å². The molecule has 0 saturated heterocycles. The third kappa shape index (κ3) is 5.06. The maximum atomic E-state index is 11.0. The van der Waals surface area contributed by atoms with Crippen LogP contribution in [0.2, 0.25) is 0 Å². The number of unbranched alkanes of at least 4 members (excludes halogenated alkanes) is 1. The van der Waals surface area contributed by atoms with Gasteiger partial charge in [0.05, 0.1) is 11.0 Å². The van der Waals surface area contributed by atoms with Gasteiger partial charge in [0.25, 0.3) is 0 Å². The molecule has 5 heteroatoms. The Morgan fingerprint density at radius 3 is 2.78 bits per heavy atom. The molecule has 0 saturated carbocycles. The number of primary amides is 1. The van der Waals surface area contributed by atoms with Crippen molar-refractivity contribution in [2.75, 3.05) is 13.1 Å². The number of phenols is 1. The first-order valence-electron chi connectivity index (χ1n) is 6.01. The predicted octanol–water partition coefficient (Wildman–Crippen LogP) is 2.24. The van der Waals surface area contributed by atoms with Crippen molar-refractivity contribution in [2.45, 2.75) is 26.3 Å². The van der Waals surface area contributed by atoms with Gasteiger partial charge in [-0.3, -0.25) is 9.69 Å². The summed E-state index contributed by atoms with van der Waals surface area (Å²) in [6, 6.07) is 5.34. The number of rotatable bonds is 7. The summed E-state index contributed by atoms with van der Waals surface area (Å²) in [5, 5.41) is 9.43. The van der Waals surface area contributed by atoms with Gasteiger partial charge in [-0.1, -0.05) is 19.4 Å². The molecule has 0 spiro atoms. The third-order valence-corrected chi connectivity index (χ3v) is 3.26. The average Bonchev–Trinajstić information content (AvgIpc) is 2.30. The molecule has 0 aromatic heterocycles. The van der Waals surface area contributed by atoms with E-state index in [0.717, 1.165) is 24.9 Å². The fourth-order valence-corrected chi connectivity index (χ4v) is 2.15. The van der Waals surface area contributed by atoms with E-state index in [1.54, 1.807) is 6.07 Å². The van der Waals surface area contributed by atoms with Crippen molar-refractivity contribution in [1.82, 2.24) is 4.90 Å². The molecule has 0 unspecified atom stereocenters. The normalized spacial score (nSPS) is 10.8. The number of phenolic OH excluding ortho intramolecular Hbond substituents is 1. The third-order valence-electron chi connectivity index (χ3n) is 2.63. The van der Waals surface area contributed by atoms with Gasteiger partial charge in [0.1, 0.15) is 5.75 Å². The first kappa shape index (κ1) is 15.0. The van der Waals surface area contributed by atoms with E-state index in [1.165, 1.54) is 0 Å². The second-order valence-corrected chi connectivity index (χ2v) is 5.17. The van der Waals surface area contributed by atoms with Crippen LogP contribution in [0.25, 0.3) is 0 Å². The summed E-state index contributed by atoms with van der Waals surface area (Å²) in [4.78, 5) is 13.0. The molecule has 0 atom stereocenters. The van der Waals surface area contributed by atoms with E-state index < -0.39 is 0 Å². The molecular weight excluding hydrogens is 296 g/mol. The average molecular weight is 315 g/mol. The maximum Gasteiger partial charge on any atom is 0.231 e. The van der Waals surface area contributed by atoms with E-state index in [1.807, 2.05) is 17.0 Å². The highest BCUT2D eigenvalue weighted by molar-refractivity contribution is 9.10. The number of carbonyl (C=O) groups excluding carboxylic acids is 1. The molecule has 0 aliphatic carbocycles. The van der Waals surface area contributed by atoms with Gasteiger partial charge in [0.2, 0.25) is 5.91 Å². The lowest BCUT2D eigenvalue weighted by Gasteiger charge is -2.20.